The lowest BCUT2D eigenvalue weighted by atomic mass is 9.95. The first-order valence-electron chi connectivity index (χ1n) is 6.47. The van der Waals surface area contributed by atoms with Gasteiger partial charge in [0.2, 0.25) is 10.0 Å². The van der Waals surface area contributed by atoms with E-state index in [0.29, 0.717) is 12.8 Å². The number of sulfonamides is 1. The molecule has 1 fully saturated rings. The Bertz CT molecular complexity index is 642. The average molecular weight is 336 g/mol. The highest BCUT2D eigenvalue weighted by Crippen LogP contribution is 2.27. The van der Waals surface area contributed by atoms with E-state index >= 15 is 0 Å². The SMILES string of the molecule is O=C(O)CC1CCN(S(=O)(=O)c2ccc(Cl)cc2F)CC1. The second-order valence-electron chi connectivity index (χ2n) is 5.02. The first-order valence-corrected chi connectivity index (χ1v) is 8.29. The van der Waals surface area contributed by atoms with E-state index in [2.05, 4.69) is 0 Å². The number of carboxylic acids is 1. The molecule has 1 saturated heterocycles. The molecule has 5 nitrogen and oxygen atoms in total. The maximum Gasteiger partial charge on any atom is 0.303 e. The molecule has 1 N–H and O–H groups in total. The van der Waals surface area contributed by atoms with Gasteiger partial charge in [-0.05, 0) is 37.0 Å². The summed E-state index contributed by atoms with van der Waals surface area (Å²) in [5.41, 5.74) is 0. The van der Waals surface area contributed by atoms with Gasteiger partial charge in [0.05, 0.1) is 0 Å². The second-order valence-corrected chi connectivity index (χ2v) is 7.36. The molecule has 0 spiro atoms. The molecule has 21 heavy (non-hydrogen) atoms. The van der Waals surface area contributed by atoms with Crippen LogP contribution in [0.25, 0.3) is 0 Å². The average Bonchev–Trinajstić information content (AvgIpc) is 2.38. The number of piperidine rings is 1. The molecule has 0 aliphatic carbocycles. The fourth-order valence-corrected chi connectivity index (χ4v) is 4.10. The van der Waals surface area contributed by atoms with E-state index in [1.54, 1.807) is 0 Å². The summed E-state index contributed by atoms with van der Waals surface area (Å²) in [5, 5.41) is 8.87. The van der Waals surface area contributed by atoms with Gasteiger partial charge in [0, 0.05) is 24.5 Å². The van der Waals surface area contributed by atoms with E-state index in [4.69, 9.17) is 16.7 Å². The lowest BCUT2D eigenvalue weighted by Crippen LogP contribution is -2.39. The van der Waals surface area contributed by atoms with Crippen molar-refractivity contribution >= 4 is 27.6 Å². The summed E-state index contributed by atoms with van der Waals surface area (Å²) in [6, 6.07) is 3.44. The molecule has 1 heterocycles. The minimum absolute atomic E-state index is 0.0309. The third-order valence-corrected chi connectivity index (χ3v) is 5.72. The van der Waals surface area contributed by atoms with Crippen molar-refractivity contribution in [2.75, 3.05) is 13.1 Å². The molecule has 0 saturated carbocycles. The lowest BCUT2D eigenvalue weighted by molar-refractivity contribution is -0.138. The number of nitrogens with zero attached hydrogens (tertiary/aromatic N) is 1. The van der Waals surface area contributed by atoms with Gasteiger partial charge in [-0.15, -0.1) is 0 Å². The van der Waals surface area contributed by atoms with Gasteiger partial charge in [-0.2, -0.15) is 4.31 Å². The molecule has 8 heteroatoms. The minimum Gasteiger partial charge on any atom is -0.481 e. The Kier molecular flexibility index (Phi) is 4.85. The number of halogens is 2. The Hall–Kier alpha value is -1.18. The fourth-order valence-electron chi connectivity index (χ4n) is 2.42. The van der Waals surface area contributed by atoms with Crippen molar-refractivity contribution in [1.29, 1.82) is 0 Å². The third-order valence-electron chi connectivity index (χ3n) is 3.55. The molecule has 116 valence electrons. The zero-order chi connectivity index (χ0) is 15.6. The molecular formula is C13H15ClFNO4S. The van der Waals surface area contributed by atoms with Crippen molar-refractivity contribution in [3.8, 4) is 0 Å². The summed E-state index contributed by atoms with van der Waals surface area (Å²) in [6.07, 6.45) is 0.949. The molecule has 0 radical (unpaired) electrons. The summed E-state index contributed by atoms with van der Waals surface area (Å²) in [7, 11) is -3.91. The highest BCUT2D eigenvalue weighted by molar-refractivity contribution is 7.89. The van der Waals surface area contributed by atoms with Crippen LogP contribution in [0.4, 0.5) is 4.39 Å². The highest BCUT2D eigenvalue weighted by atomic mass is 35.5. The van der Waals surface area contributed by atoms with E-state index < -0.39 is 26.7 Å². The predicted molar refractivity (Wildman–Crippen MR) is 75.1 cm³/mol. The first-order chi connectivity index (χ1) is 9.80. The molecule has 0 aromatic heterocycles. The lowest BCUT2D eigenvalue weighted by Gasteiger charge is -2.30. The second kappa shape index (κ2) is 6.29. The van der Waals surface area contributed by atoms with E-state index in [0.717, 1.165) is 12.1 Å². The molecule has 2 rings (SSSR count). The summed E-state index contributed by atoms with van der Waals surface area (Å²) >= 11 is 5.62. The Labute approximate surface area is 127 Å². The van der Waals surface area contributed by atoms with Gasteiger partial charge < -0.3 is 5.11 Å². The summed E-state index contributed by atoms with van der Waals surface area (Å²) in [5.74, 6) is -1.81. The summed E-state index contributed by atoms with van der Waals surface area (Å²) in [4.78, 5) is 10.3. The van der Waals surface area contributed by atoms with Crippen LogP contribution < -0.4 is 0 Å². The topological polar surface area (TPSA) is 74.7 Å². The molecule has 0 bridgehead atoms. The highest BCUT2D eigenvalue weighted by Gasteiger charge is 2.31. The van der Waals surface area contributed by atoms with Gasteiger partial charge in [0.15, 0.2) is 0 Å². The van der Waals surface area contributed by atoms with Crippen LogP contribution >= 0.6 is 11.6 Å². The van der Waals surface area contributed by atoms with Crippen LogP contribution in [0, 0.1) is 11.7 Å². The van der Waals surface area contributed by atoms with Gasteiger partial charge in [0.1, 0.15) is 10.7 Å². The van der Waals surface area contributed by atoms with Gasteiger partial charge >= 0.3 is 5.97 Å². The van der Waals surface area contributed by atoms with Crippen molar-refractivity contribution < 1.29 is 22.7 Å². The van der Waals surface area contributed by atoms with Crippen molar-refractivity contribution in [2.24, 2.45) is 5.92 Å². The summed E-state index contributed by atoms with van der Waals surface area (Å²) < 4.78 is 39.7. The first kappa shape index (κ1) is 16.2. The quantitative estimate of drug-likeness (QED) is 0.916. The van der Waals surface area contributed by atoms with Gasteiger partial charge in [-0.25, -0.2) is 12.8 Å². The number of carbonyl (C=O) groups is 1. The Morgan fingerprint density at radius 2 is 2.00 bits per heavy atom. The van der Waals surface area contributed by atoms with Crippen LogP contribution in [0.2, 0.25) is 5.02 Å². The Morgan fingerprint density at radius 3 is 2.52 bits per heavy atom. The number of hydrogen-bond acceptors (Lipinski definition) is 3. The van der Waals surface area contributed by atoms with Crippen LogP contribution in [0.5, 0.6) is 0 Å². The largest absolute Gasteiger partial charge is 0.481 e. The number of hydrogen-bond donors (Lipinski definition) is 1. The Balaban J connectivity index is 2.13. The molecule has 0 atom stereocenters. The van der Waals surface area contributed by atoms with E-state index in [-0.39, 0.29) is 30.5 Å². The molecule has 1 aromatic rings. The monoisotopic (exact) mass is 335 g/mol. The van der Waals surface area contributed by atoms with Crippen molar-refractivity contribution in [3.63, 3.8) is 0 Å². The number of benzene rings is 1. The fraction of sp³-hybridized carbons (Fsp3) is 0.462. The van der Waals surface area contributed by atoms with Crippen LogP contribution in [-0.2, 0) is 14.8 Å². The van der Waals surface area contributed by atoms with Gasteiger partial charge in [0.25, 0.3) is 0 Å². The minimum atomic E-state index is -3.91. The third kappa shape index (κ3) is 3.72. The molecule has 0 amide bonds. The summed E-state index contributed by atoms with van der Waals surface area (Å²) in [6.45, 7) is 0.394. The van der Waals surface area contributed by atoms with E-state index in [1.165, 1.54) is 10.4 Å². The van der Waals surface area contributed by atoms with Crippen molar-refractivity contribution in [3.05, 3.63) is 29.0 Å². The normalized spacial score (nSPS) is 17.8. The molecular weight excluding hydrogens is 321 g/mol. The maximum atomic E-state index is 13.8. The maximum absolute atomic E-state index is 13.8. The zero-order valence-electron chi connectivity index (χ0n) is 11.1. The predicted octanol–water partition coefficient (Wildman–Crippen LogP) is 2.35. The molecule has 1 aromatic carbocycles. The van der Waals surface area contributed by atoms with Crippen LogP contribution in [-0.4, -0.2) is 36.9 Å². The van der Waals surface area contributed by atoms with Crippen LogP contribution in [0.15, 0.2) is 23.1 Å². The number of rotatable bonds is 4. The van der Waals surface area contributed by atoms with Crippen molar-refractivity contribution in [2.45, 2.75) is 24.2 Å². The van der Waals surface area contributed by atoms with Gasteiger partial charge in [-0.3, -0.25) is 4.79 Å². The Morgan fingerprint density at radius 1 is 1.38 bits per heavy atom. The zero-order valence-corrected chi connectivity index (χ0v) is 12.7. The van der Waals surface area contributed by atoms with Crippen molar-refractivity contribution in [1.82, 2.24) is 4.31 Å². The molecule has 1 aliphatic rings. The van der Waals surface area contributed by atoms with Crippen LogP contribution in [0.1, 0.15) is 19.3 Å². The molecule has 1 aliphatic heterocycles. The standard InChI is InChI=1S/C13H15ClFNO4S/c14-10-1-2-12(11(15)8-10)21(19,20)16-5-3-9(4-6-16)7-13(17)18/h1-2,8-9H,3-7H2,(H,17,18). The van der Waals surface area contributed by atoms with Crippen LogP contribution in [0.3, 0.4) is 0 Å². The number of aliphatic carboxylic acids is 1. The van der Waals surface area contributed by atoms with Gasteiger partial charge in [-0.1, -0.05) is 11.6 Å². The van der Waals surface area contributed by atoms with E-state index in [9.17, 15) is 17.6 Å². The number of carboxylic acid groups (broad SMARTS) is 1. The smallest absolute Gasteiger partial charge is 0.303 e. The molecule has 0 unspecified atom stereocenters. The van der Waals surface area contributed by atoms with E-state index in [1.807, 2.05) is 0 Å².